The molecule has 9 heteroatoms. The molecule has 0 aromatic heterocycles. The van der Waals surface area contributed by atoms with Gasteiger partial charge >= 0.3 is 5.97 Å². The molecule has 0 saturated carbocycles. The number of nitrogens with zero attached hydrogens (tertiary/aromatic N) is 2. The molecule has 1 aliphatic rings. The van der Waals surface area contributed by atoms with E-state index in [0.717, 1.165) is 4.90 Å². The van der Waals surface area contributed by atoms with Crippen LogP contribution in [0.5, 0.6) is 0 Å². The van der Waals surface area contributed by atoms with Gasteiger partial charge in [-0.25, -0.2) is 0 Å². The van der Waals surface area contributed by atoms with Crippen LogP contribution in [0.3, 0.4) is 0 Å². The van der Waals surface area contributed by atoms with Gasteiger partial charge in [0.05, 0.1) is 23.0 Å². The Bertz CT molecular complexity index is 1010. The third kappa shape index (κ3) is 3.84. The Morgan fingerprint density at radius 2 is 1.66 bits per heavy atom. The van der Waals surface area contributed by atoms with E-state index in [1.54, 1.807) is 30.3 Å². The molecule has 1 aliphatic heterocycles. The number of Topliss-reactive ketones (excluding diaryl/α,β-unsaturated/α-hetero) is 1. The summed E-state index contributed by atoms with van der Waals surface area (Å²) in [6.45, 7) is -0.257. The second kappa shape index (κ2) is 7.93. The van der Waals surface area contributed by atoms with Gasteiger partial charge in [0.1, 0.15) is 5.76 Å². The van der Waals surface area contributed by atoms with Crippen LogP contribution >= 0.6 is 0 Å². The fraction of sp³-hybridized carbons (Fsp3) is 0.150. The minimum Gasteiger partial charge on any atom is -0.507 e. The second-order valence-corrected chi connectivity index (χ2v) is 6.35. The Balaban J connectivity index is 2.14. The number of aliphatic carboxylic acids is 1. The minimum absolute atomic E-state index is 0.181. The first-order chi connectivity index (χ1) is 13.8. The van der Waals surface area contributed by atoms with Gasteiger partial charge < -0.3 is 15.1 Å². The summed E-state index contributed by atoms with van der Waals surface area (Å²) in [4.78, 5) is 47.6. The molecule has 1 saturated heterocycles. The predicted molar refractivity (Wildman–Crippen MR) is 101 cm³/mol. The van der Waals surface area contributed by atoms with Crippen LogP contribution in [-0.4, -0.2) is 44.2 Å². The van der Waals surface area contributed by atoms with Gasteiger partial charge in [-0.3, -0.25) is 24.5 Å². The van der Waals surface area contributed by atoms with Crippen molar-refractivity contribution < 1.29 is 29.5 Å². The molecule has 2 aromatic rings. The number of carbonyl (C=O) groups excluding carboxylic acids is 2. The van der Waals surface area contributed by atoms with E-state index < -0.39 is 40.8 Å². The van der Waals surface area contributed by atoms with Crippen molar-refractivity contribution in [3.63, 3.8) is 0 Å². The maximum Gasteiger partial charge on any atom is 0.305 e. The quantitative estimate of drug-likeness (QED) is 0.251. The highest BCUT2D eigenvalue weighted by atomic mass is 16.6. The van der Waals surface area contributed by atoms with Crippen LogP contribution in [0.25, 0.3) is 5.76 Å². The molecule has 0 aliphatic carbocycles. The lowest BCUT2D eigenvalue weighted by Crippen LogP contribution is -2.31. The predicted octanol–water partition coefficient (Wildman–Crippen LogP) is 2.49. The summed E-state index contributed by atoms with van der Waals surface area (Å²) in [5.41, 5.74) is 0.285. The smallest absolute Gasteiger partial charge is 0.305 e. The lowest BCUT2D eigenvalue weighted by molar-refractivity contribution is -0.384. The summed E-state index contributed by atoms with van der Waals surface area (Å²) in [5, 5.41) is 30.6. The molecule has 0 radical (unpaired) electrons. The maximum atomic E-state index is 12.7. The van der Waals surface area contributed by atoms with Crippen molar-refractivity contribution >= 4 is 29.1 Å². The summed E-state index contributed by atoms with van der Waals surface area (Å²) in [7, 11) is 0. The summed E-state index contributed by atoms with van der Waals surface area (Å²) < 4.78 is 0. The molecule has 1 fully saturated rings. The molecule has 29 heavy (non-hydrogen) atoms. The number of carboxylic acid groups (broad SMARTS) is 1. The molecule has 1 atom stereocenters. The molecule has 1 unspecified atom stereocenters. The molecule has 1 amide bonds. The number of nitro benzene ring substituents is 1. The molecule has 9 nitrogen and oxygen atoms in total. The Kier molecular flexibility index (Phi) is 5.40. The second-order valence-electron chi connectivity index (χ2n) is 6.35. The van der Waals surface area contributed by atoms with Gasteiger partial charge in [-0.15, -0.1) is 0 Å². The largest absolute Gasteiger partial charge is 0.507 e. The van der Waals surface area contributed by atoms with E-state index in [9.17, 15) is 29.6 Å². The number of ketones is 1. The van der Waals surface area contributed by atoms with Crippen LogP contribution in [0.15, 0.2) is 60.2 Å². The molecule has 0 spiro atoms. The van der Waals surface area contributed by atoms with Crippen molar-refractivity contribution in [2.45, 2.75) is 12.5 Å². The van der Waals surface area contributed by atoms with Crippen LogP contribution in [0.4, 0.5) is 5.69 Å². The first-order valence-corrected chi connectivity index (χ1v) is 8.61. The van der Waals surface area contributed by atoms with Crippen LogP contribution in [-0.2, 0) is 14.4 Å². The van der Waals surface area contributed by atoms with E-state index in [4.69, 9.17) is 5.11 Å². The number of likely N-dealkylation sites (tertiary alicyclic amines) is 1. The highest BCUT2D eigenvalue weighted by Gasteiger charge is 2.46. The number of carbonyl (C=O) groups is 3. The summed E-state index contributed by atoms with van der Waals surface area (Å²) in [5.74, 6) is -3.44. The van der Waals surface area contributed by atoms with Crippen LogP contribution in [0.1, 0.15) is 23.6 Å². The fourth-order valence-electron chi connectivity index (χ4n) is 3.20. The summed E-state index contributed by atoms with van der Waals surface area (Å²) in [6, 6.07) is 12.3. The SMILES string of the molecule is O=C(O)CCN1C(=O)C(=O)/C(=C(/O)c2ccccc2)C1c1ccc([N+](=O)[O-])cc1. The van der Waals surface area contributed by atoms with Crippen molar-refractivity contribution in [1.29, 1.82) is 0 Å². The summed E-state index contributed by atoms with van der Waals surface area (Å²) >= 11 is 0. The number of benzene rings is 2. The number of amides is 1. The Labute approximate surface area is 164 Å². The first kappa shape index (κ1) is 19.7. The number of nitro groups is 1. The Hall–Kier alpha value is -4.01. The number of carboxylic acids is 1. The zero-order valence-electron chi connectivity index (χ0n) is 15.0. The molecular weight excluding hydrogens is 380 g/mol. The van der Waals surface area contributed by atoms with Crippen LogP contribution in [0, 0.1) is 10.1 Å². The lowest BCUT2D eigenvalue weighted by atomic mass is 9.95. The van der Waals surface area contributed by atoms with E-state index >= 15 is 0 Å². The number of rotatable bonds is 6. The van der Waals surface area contributed by atoms with Crippen molar-refractivity contribution in [2.75, 3.05) is 6.54 Å². The molecule has 0 bridgehead atoms. The monoisotopic (exact) mass is 396 g/mol. The van der Waals surface area contributed by atoms with Crippen molar-refractivity contribution in [3.05, 3.63) is 81.4 Å². The molecule has 2 aromatic carbocycles. The van der Waals surface area contributed by atoms with Crippen molar-refractivity contribution in [3.8, 4) is 0 Å². The van der Waals surface area contributed by atoms with Gasteiger partial charge in [0.25, 0.3) is 17.4 Å². The number of hydrogen-bond donors (Lipinski definition) is 2. The number of aliphatic hydroxyl groups excluding tert-OH is 1. The van der Waals surface area contributed by atoms with Gasteiger partial charge in [-0.2, -0.15) is 0 Å². The van der Waals surface area contributed by atoms with E-state index in [1.807, 2.05) is 0 Å². The third-order valence-corrected chi connectivity index (χ3v) is 4.57. The summed E-state index contributed by atoms with van der Waals surface area (Å²) in [6.07, 6.45) is -0.401. The number of aliphatic hydroxyl groups is 1. The van der Waals surface area contributed by atoms with Gasteiger partial charge in [0.15, 0.2) is 0 Å². The third-order valence-electron chi connectivity index (χ3n) is 4.57. The highest BCUT2D eigenvalue weighted by molar-refractivity contribution is 6.46. The van der Waals surface area contributed by atoms with Crippen molar-refractivity contribution in [1.82, 2.24) is 4.90 Å². The normalized spacial score (nSPS) is 18.1. The number of hydrogen-bond acceptors (Lipinski definition) is 6. The van der Waals surface area contributed by atoms with Crippen LogP contribution < -0.4 is 0 Å². The zero-order chi connectivity index (χ0) is 21.1. The average Bonchev–Trinajstić information content (AvgIpc) is 2.97. The first-order valence-electron chi connectivity index (χ1n) is 8.61. The highest BCUT2D eigenvalue weighted by Crippen LogP contribution is 2.39. The molecule has 148 valence electrons. The van der Waals surface area contributed by atoms with E-state index in [-0.39, 0.29) is 17.8 Å². The van der Waals surface area contributed by atoms with Crippen molar-refractivity contribution in [2.24, 2.45) is 0 Å². The van der Waals surface area contributed by atoms with E-state index in [1.165, 1.54) is 24.3 Å². The Morgan fingerprint density at radius 3 is 2.21 bits per heavy atom. The molecule has 2 N–H and O–H groups in total. The molecular formula is C20H16N2O7. The number of non-ortho nitro benzene ring substituents is 1. The molecule has 1 heterocycles. The standard InChI is InChI=1S/C20H16N2O7/c23-15(24)10-11-21-17(12-6-8-14(9-7-12)22(28)29)16(19(26)20(21)27)18(25)13-4-2-1-3-5-13/h1-9,17,25H,10-11H2,(H,23,24)/b18-16+. The van der Waals surface area contributed by atoms with Gasteiger partial charge in [0.2, 0.25) is 0 Å². The topological polar surface area (TPSA) is 138 Å². The average molecular weight is 396 g/mol. The minimum atomic E-state index is -1.16. The lowest BCUT2D eigenvalue weighted by Gasteiger charge is -2.24. The zero-order valence-corrected chi connectivity index (χ0v) is 15.0. The van der Waals surface area contributed by atoms with E-state index in [0.29, 0.717) is 11.1 Å². The van der Waals surface area contributed by atoms with Gasteiger partial charge in [-0.1, -0.05) is 30.3 Å². The van der Waals surface area contributed by atoms with Crippen LogP contribution in [0.2, 0.25) is 0 Å². The molecule has 3 rings (SSSR count). The van der Waals surface area contributed by atoms with E-state index in [2.05, 4.69) is 0 Å². The maximum absolute atomic E-state index is 12.7. The Morgan fingerprint density at radius 1 is 1.03 bits per heavy atom. The fourth-order valence-corrected chi connectivity index (χ4v) is 3.20. The van der Waals surface area contributed by atoms with Gasteiger partial charge in [0, 0.05) is 24.2 Å². The van der Waals surface area contributed by atoms with Gasteiger partial charge in [-0.05, 0) is 17.7 Å².